The van der Waals surface area contributed by atoms with E-state index < -0.39 is 0 Å². The zero-order valence-electron chi connectivity index (χ0n) is 13.5. The molecule has 3 rings (SSSR count). The lowest BCUT2D eigenvalue weighted by Gasteiger charge is -2.19. The molecule has 0 amide bonds. The van der Waals surface area contributed by atoms with Gasteiger partial charge in [0.1, 0.15) is 5.75 Å². The van der Waals surface area contributed by atoms with E-state index in [9.17, 15) is 15.0 Å². The van der Waals surface area contributed by atoms with Crippen LogP contribution >= 0.6 is 11.6 Å². The fourth-order valence-electron chi connectivity index (χ4n) is 2.92. The molecule has 0 aliphatic heterocycles. The van der Waals surface area contributed by atoms with Crippen LogP contribution in [-0.4, -0.2) is 28.3 Å². The molecule has 0 aliphatic carbocycles. The number of nitrogens with one attached hydrogen (secondary N) is 2. The first-order valence-electron chi connectivity index (χ1n) is 8.02. The van der Waals surface area contributed by atoms with Gasteiger partial charge in [0.15, 0.2) is 0 Å². The third-order valence-corrected chi connectivity index (χ3v) is 4.39. The molecule has 5 nitrogen and oxygen atoms in total. The Bertz CT molecular complexity index is 939. The van der Waals surface area contributed by atoms with Crippen LogP contribution in [0.2, 0.25) is 5.02 Å². The van der Waals surface area contributed by atoms with E-state index in [2.05, 4.69) is 10.3 Å². The number of rotatable bonds is 6. The SMILES string of the molecule is O=c1ccc2c(C(CO)NCCc3cccc(Cl)c3)ccc(O)c2[nH]1. The minimum absolute atomic E-state index is 0.00654. The van der Waals surface area contributed by atoms with Gasteiger partial charge in [-0.15, -0.1) is 0 Å². The van der Waals surface area contributed by atoms with Crippen LogP contribution in [0.15, 0.2) is 53.3 Å². The van der Waals surface area contributed by atoms with Crippen molar-refractivity contribution >= 4 is 22.5 Å². The van der Waals surface area contributed by atoms with Crippen molar-refractivity contribution in [2.75, 3.05) is 13.2 Å². The van der Waals surface area contributed by atoms with E-state index in [1.807, 2.05) is 24.3 Å². The van der Waals surface area contributed by atoms with E-state index in [0.29, 0.717) is 22.5 Å². The van der Waals surface area contributed by atoms with Crippen LogP contribution in [0.4, 0.5) is 0 Å². The van der Waals surface area contributed by atoms with E-state index >= 15 is 0 Å². The smallest absolute Gasteiger partial charge is 0.248 e. The molecule has 0 saturated carbocycles. The van der Waals surface area contributed by atoms with Crippen molar-refractivity contribution in [3.05, 3.63) is 75.0 Å². The zero-order valence-corrected chi connectivity index (χ0v) is 14.3. The van der Waals surface area contributed by atoms with Crippen molar-refractivity contribution in [2.24, 2.45) is 0 Å². The molecule has 1 unspecified atom stereocenters. The molecule has 3 aromatic rings. The summed E-state index contributed by atoms with van der Waals surface area (Å²) < 4.78 is 0. The van der Waals surface area contributed by atoms with Crippen molar-refractivity contribution in [3.8, 4) is 5.75 Å². The van der Waals surface area contributed by atoms with Gasteiger partial charge in [0.2, 0.25) is 5.56 Å². The number of pyridine rings is 1. The maximum atomic E-state index is 11.5. The van der Waals surface area contributed by atoms with Crippen molar-refractivity contribution in [3.63, 3.8) is 0 Å². The van der Waals surface area contributed by atoms with Gasteiger partial charge in [0.25, 0.3) is 0 Å². The molecule has 4 N–H and O–H groups in total. The highest BCUT2D eigenvalue weighted by atomic mass is 35.5. The third-order valence-electron chi connectivity index (χ3n) is 4.16. The molecular weight excluding hydrogens is 340 g/mol. The molecule has 0 radical (unpaired) electrons. The van der Waals surface area contributed by atoms with Crippen LogP contribution in [0.5, 0.6) is 5.75 Å². The minimum Gasteiger partial charge on any atom is -0.506 e. The number of hydrogen-bond acceptors (Lipinski definition) is 4. The Balaban J connectivity index is 1.80. The number of phenols is 1. The van der Waals surface area contributed by atoms with E-state index in [4.69, 9.17) is 11.6 Å². The quantitative estimate of drug-likeness (QED) is 0.546. The molecule has 0 bridgehead atoms. The normalized spacial score (nSPS) is 12.4. The maximum Gasteiger partial charge on any atom is 0.248 e. The number of phenolic OH excluding ortho intramolecular Hbond substituents is 1. The van der Waals surface area contributed by atoms with E-state index in [1.165, 1.54) is 12.1 Å². The summed E-state index contributed by atoms with van der Waals surface area (Å²) in [4.78, 5) is 14.1. The van der Waals surface area contributed by atoms with Gasteiger partial charge in [0, 0.05) is 16.5 Å². The molecule has 0 saturated heterocycles. The van der Waals surface area contributed by atoms with Crippen LogP contribution < -0.4 is 10.9 Å². The molecule has 1 heterocycles. The van der Waals surface area contributed by atoms with Gasteiger partial charge in [-0.1, -0.05) is 29.8 Å². The molecule has 2 aromatic carbocycles. The number of halogens is 1. The Morgan fingerprint density at radius 1 is 1.16 bits per heavy atom. The molecule has 6 heteroatoms. The first-order chi connectivity index (χ1) is 12.1. The summed E-state index contributed by atoms with van der Waals surface area (Å²) in [5.41, 5.74) is 2.02. The molecule has 0 aliphatic rings. The van der Waals surface area contributed by atoms with Crippen molar-refractivity contribution in [1.29, 1.82) is 0 Å². The van der Waals surface area contributed by atoms with Crippen LogP contribution in [0, 0.1) is 0 Å². The number of benzene rings is 2. The Morgan fingerprint density at radius 2 is 2.00 bits per heavy atom. The Morgan fingerprint density at radius 3 is 2.76 bits per heavy atom. The van der Waals surface area contributed by atoms with Crippen LogP contribution in [0.1, 0.15) is 17.2 Å². The fraction of sp³-hybridized carbons (Fsp3) is 0.211. The van der Waals surface area contributed by atoms with Crippen LogP contribution in [-0.2, 0) is 6.42 Å². The second-order valence-corrected chi connectivity index (χ2v) is 6.29. The number of aliphatic hydroxyl groups excluding tert-OH is 1. The molecule has 0 spiro atoms. The number of hydrogen-bond donors (Lipinski definition) is 4. The van der Waals surface area contributed by atoms with E-state index in [1.54, 1.807) is 12.1 Å². The standard InChI is InChI=1S/C19H19ClN2O3/c20-13-3-1-2-12(10-13)8-9-21-16(11-23)14-4-6-17(24)19-15(14)5-7-18(25)22-19/h1-7,10,16,21,23-24H,8-9,11H2,(H,22,25). The molecule has 130 valence electrons. The summed E-state index contributed by atoms with van der Waals surface area (Å²) in [7, 11) is 0. The number of aromatic amines is 1. The maximum absolute atomic E-state index is 11.5. The number of H-pyrrole nitrogens is 1. The average molecular weight is 359 g/mol. The molecule has 25 heavy (non-hydrogen) atoms. The molecular formula is C19H19ClN2O3. The number of fused-ring (bicyclic) bond motifs is 1. The first kappa shape index (κ1) is 17.5. The lowest BCUT2D eigenvalue weighted by molar-refractivity contribution is 0.246. The molecule has 0 fully saturated rings. The van der Waals surface area contributed by atoms with E-state index in [0.717, 1.165) is 17.5 Å². The van der Waals surface area contributed by atoms with Gasteiger partial charge >= 0.3 is 0 Å². The predicted molar refractivity (Wildman–Crippen MR) is 99.2 cm³/mol. The summed E-state index contributed by atoms with van der Waals surface area (Å²) in [5, 5.41) is 24.5. The first-order valence-corrected chi connectivity index (χ1v) is 8.40. The Kier molecular flexibility index (Phi) is 5.38. The number of aliphatic hydroxyl groups is 1. The number of aromatic nitrogens is 1. The van der Waals surface area contributed by atoms with Crippen molar-refractivity contribution in [1.82, 2.24) is 10.3 Å². The van der Waals surface area contributed by atoms with Crippen molar-refractivity contribution < 1.29 is 10.2 Å². The second kappa shape index (κ2) is 7.70. The van der Waals surface area contributed by atoms with Crippen LogP contribution in [0.3, 0.4) is 0 Å². The highest BCUT2D eigenvalue weighted by Gasteiger charge is 2.15. The van der Waals surface area contributed by atoms with Gasteiger partial charge in [-0.3, -0.25) is 4.79 Å². The Labute approximate surface area is 149 Å². The minimum atomic E-state index is -0.312. The van der Waals surface area contributed by atoms with Crippen molar-refractivity contribution in [2.45, 2.75) is 12.5 Å². The summed E-state index contributed by atoms with van der Waals surface area (Å²) >= 11 is 5.99. The molecule has 1 aromatic heterocycles. The monoisotopic (exact) mass is 358 g/mol. The van der Waals surface area contributed by atoms with Crippen LogP contribution in [0.25, 0.3) is 10.9 Å². The summed E-state index contributed by atoms with van der Waals surface area (Å²) in [6.45, 7) is 0.547. The average Bonchev–Trinajstić information content (AvgIpc) is 2.60. The third kappa shape index (κ3) is 4.02. The second-order valence-electron chi connectivity index (χ2n) is 5.85. The van der Waals surface area contributed by atoms with E-state index in [-0.39, 0.29) is 24.0 Å². The highest BCUT2D eigenvalue weighted by molar-refractivity contribution is 6.30. The lowest BCUT2D eigenvalue weighted by Crippen LogP contribution is -2.27. The number of aromatic hydroxyl groups is 1. The summed E-state index contributed by atoms with van der Waals surface area (Å²) in [6.07, 6.45) is 0.768. The summed E-state index contributed by atoms with van der Waals surface area (Å²) in [5.74, 6) is 0.00654. The van der Waals surface area contributed by atoms with Gasteiger partial charge in [-0.2, -0.15) is 0 Å². The van der Waals surface area contributed by atoms with Gasteiger partial charge in [-0.25, -0.2) is 0 Å². The van der Waals surface area contributed by atoms with Gasteiger partial charge in [-0.05, 0) is 48.4 Å². The summed E-state index contributed by atoms with van der Waals surface area (Å²) in [6, 6.07) is 13.7. The van der Waals surface area contributed by atoms with Gasteiger partial charge in [0.05, 0.1) is 18.2 Å². The largest absolute Gasteiger partial charge is 0.506 e. The molecule has 1 atom stereocenters. The fourth-order valence-corrected chi connectivity index (χ4v) is 3.13. The zero-order chi connectivity index (χ0) is 17.8. The van der Waals surface area contributed by atoms with Gasteiger partial charge < -0.3 is 20.5 Å². The Hall–Kier alpha value is -2.34. The predicted octanol–water partition coefficient (Wildman–Crippen LogP) is 2.75. The lowest BCUT2D eigenvalue weighted by atomic mass is 10.0. The highest BCUT2D eigenvalue weighted by Crippen LogP contribution is 2.28. The topological polar surface area (TPSA) is 85.3 Å².